The van der Waals surface area contributed by atoms with Gasteiger partial charge >= 0.3 is 0 Å². The van der Waals surface area contributed by atoms with Gasteiger partial charge in [-0.2, -0.15) is 0 Å². The van der Waals surface area contributed by atoms with E-state index in [4.69, 9.17) is 4.55 Å². The molecule has 1 fully saturated rings. The molecule has 18 heavy (non-hydrogen) atoms. The lowest BCUT2D eigenvalue weighted by atomic mass is 10.1. The number of sulfone groups is 1. The van der Waals surface area contributed by atoms with Gasteiger partial charge in [0.15, 0.2) is 20.9 Å². The van der Waals surface area contributed by atoms with Gasteiger partial charge in [-0.25, -0.2) is 12.6 Å². The van der Waals surface area contributed by atoms with Crippen molar-refractivity contribution in [3.63, 3.8) is 0 Å². The number of rotatable bonds is 5. The van der Waals surface area contributed by atoms with Gasteiger partial charge in [-0.15, -0.1) is 0 Å². The Hall–Kier alpha value is -0.200. The van der Waals surface area contributed by atoms with Crippen LogP contribution in [-0.2, 0) is 20.9 Å². The number of hydrogen-bond acceptors (Lipinski definition) is 3. The quantitative estimate of drug-likeness (QED) is 0.622. The Bertz CT molecular complexity index is 458. The molecule has 6 heteroatoms. The first-order valence-corrected chi connectivity index (χ1v) is 9.36. The van der Waals surface area contributed by atoms with E-state index >= 15 is 0 Å². The van der Waals surface area contributed by atoms with Crippen LogP contribution in [-0.4, -0.2) is 33.4 Å². The van der Waals surface area contributed by atoms with Crippen molar-refractivity contribution in [2.45, 2.75) is 49.7 Å². The maximum absolute atomic E-state index is 12.6. The van der Waals surface area contributed by atoms with Crippen molar-refractivity contribution in [1.82, 2.24) is 0 Å². The molecule has 0 spiro atoms. The molecule has 1 N–H and O–H groups in total. The summed E-state index contributed by atoms with van der Waals surface area (Å²) in [5, 5.41) is 0. The minimum absolute atomic E-state index is 0.0875. The molecule has 2 aliphatic rings. The van der Waals surface area contributed by atoms with E-state index in [1.165, 1.54) is 0 Å². The average Bonchev–Trinajstić information content (AvgIpc) is 2.88. The van der Waals surface area contributed by atoms with Crippen molar-refractivity contribution in [3.05, 3.63) is 11.6 Å². The SMILES string of the molecule is O=S(O)CC1(S(=O)(=O)CC2=CCCC2)CCCC1. The molecule has 1 saturated carbocycles. The van der Waals surface area contributed by atoms with Crippen LogP contribution in [0.25, 0.3) is 0 Å². The van der Waals surface area contributed by atoms with Crippen LogP contribution in [0.3, 0.4) is 0 Å². The molecular weight excluding hydrogens is 272 g/mol. The van der Waals surface area contributed by atoms with Gasteiger partial charge in [0.2, 0.25) is 0 Å². The Morgan fingerprint density at radius 2 is 1.94 bits per heavy atom. The number of hydrogen-bond donors (Lipinski definition) is 1. The third-order valence-electron chi connectivity index (χ3n) is 4.07. The molecule has 2 rings (SSSR count). The normalized spacial score (nSPS) is 25.1. The summed E-state index contributed by atoms with van der Waals surface area (Å²) in [6.45, 7) is 0. The highest BCUT2D eigenvalue weighted by atomic mass is 32.2. The van der Waals surface area contributed by atoms with Gasteiger partial charge in [0, 0.05) is 0 Å². The van der Waals surface area contributed by atoms with Crippen LogP contribution < -0.4 is 0 Å². The third-order valence-corrected chi connectivity index (χ3v) is 7.68. The van der Waals surface area contributed by atoms with E-state index in [9.17, 15) is 12.6 Å². The van der Waals surface area contributed by atoms with E-state index in [0.717, 1.165) is 37.7 Å². The second-order valence-electron chi connectivity index (χ2n) is 5.37. The fourth-order valence-corrected chi connectivity index (χ4v) is 6.78. The molecule has 0 amide bonds. The fraction of sp³-hybridized carbons (Fsp3) is 0.833. The Morgan fingerprint density at radius 1 is 1.28 bits per heavy atom. The highest BCUT2D eigenvalue weighted by Crippen LogP contribution is 2.39. The van der Waals surface area contributed by atoms with Crippen molar-refractivity contribution in [1.29, 1.82) is 0 Å². The second kappa shape index (κ2) is 5.43. The fourth-order valence-electron chi connectivity index (χ4n) is 3.06. The van der Waals surface area contributed by atoms with E-state index in [0.29, 0.717) is 12.8 Å². The lowest BCUT2D eigenvalue weighted by Crippen LogP contribution is -2.42. The molecule has 0 heterocycles. The van der Waals surface area contributed by atoms with Crippen molar-refractivity contribution in [3.8, 4) is 0 Å². The second-order valence-corrected chi connectivity index (χ2v) is 8.69. The van der Waals surface area contributed by atoms with Gasteiger partial charge in [0.05, 0.1) is 16.3 Å². The Kier molecular flexibility index (Phi) is 4.29. The molecule has 0 aromatic rings. The lowest BCUT2D eigenvalue weighted by Gasteiger charge is -2.27. The molecule has 0 radical (unpaired) electrons. The summed E-state index contributed by atoms with van der Waals surface area (Å²) in [6, 6.07) is 0. The molecule has 104 valence electrons. The summed E-state index contributed by atoms with van der Waals surface area (Å²) in [5.41, 5.74) is 0.991. The minimum atomic E-state index is -3.32. The summed E-state index contributed by atoms with van der Waals surface area (Å²) in [7, 11) is -3.32. The van der Waals surface area contributed by atoms with E-state index < -0.39 is 25.7 Å². The van der Waals surface area contributed by atoms with Crippen LogP contribution in [0.1, 0.15) is 44.9 Å². The van der Waals surface area contributed by atoms with Crippen molar-refractivity contribution >= 4 is 20.9 Å². The van der Waals surface area contributed by atoms with Crippen molar-refractivity contribution in [2.24, 2.45) is 0 Å². The zero-order valence-electron chi connectivity index (χ0n) is 10.4. The summed E-state index contributed by atoms with van der Waals surface area (Å²) < 4.78 is 44.3. The molecule has 4 nitrogen and oxygen atoms in total. The van der Waals surface area contributed by atoms with E-state index in [2.05, 4.69) is 0 Å². The van der Waals surface area contributed by atoms with Crippen LogP contribution in [0.15, 0.2) is 11.6 Å². The van der Waals surface area contributed by atoms with Gasteiger partial charge < -0.3 is 4.55 Å². The van der Waals surface area contributed by atoms with Crippen LogP contribution in [0, 0.1) is 0 Å². The zero-order chi connectivity index (χ0) is 13.2. The summed E-state index contributed by atoms with van der Waals surface area (Å²) >= 11 is -2.04. The first-order chi connectivity index (χ1) is 8.45. The van der Waals surface area contributed by atoms with E-state index in [-0.39, 0.29) is 11.5 Å². The van der Waals surface area contributed by atoms with Crippen LogP contribution in [0.4, 0.5) is 0 Å². The highest BCUT2D eigenvalue weighted by Gasteiger charge is 2.47. The van der Waals surface area contributed by atoms with Gasteiger partial charge in [0.1, 0.15) is 0 Å². The summed E-state index contributed by atoms with van der Waals surface area (Å²) in [5.74, 6) is -0.0349. The third kappa shape index (κ3) is 2.86. The molecule has 2 aliphatic carbocycles. The predicted molar refractivity (Wildman–Crippen MR) is 72.6 cm³/mol. The minimum Gasteiger partial charge on any atom is -0.306 e. The number of allylic oxidation sites excluding steroid dienone is 1. The van der Waals surface area contributed by atoms with Crippen LogP contribution in [0.5, 0.6) is 0 Å². The highest BCUT2D eigenvalue weighted by molar-refractivity contribution is 7.94. The molecule has 0 bridgehead atoms. The first kappa shape index (κ1) is 14.2. The molecular formula is C12H20O4S2. The Labute approximate surface area is 111 Å². The molecule has 1 atom stereocenters. The molecule has 0 aliphatic heterocycles. The zero-order valence-corrected chi connectivity index (χ0v) is 12.1. The average molecular weight is 292 g/mol. The van der Waals surface area contributed by atoms with Gasteiger partial charge in [-0.1, -0.05) is 24.5 Å². The molecule has 0 aromatic heterocycles. The standard InChI is InChI=1S/C12H20O4S2/c13-17(14)10-12(7-3-4-8-12)18(15,16)9-11-5-1-2-6-11/h5H,1-4,6-10H2,(H,13,14). The van der Waals surface area contributed by atoms with Crippen molar-refractivity contribution in [2.75, 3.05) is 11.5 Å². The topological polar surface area (TPSA) is 71.4 Å². The van der Waals surface area contributed by atoms with Gasteiger partial charge in [0.25, 0.3) is 0 Å². The molecule has 0 aromatic carbocycles. The van der Waals surface area contributed by atoms with E-state index in [1.807, 2.05) is 6.08 Å². The molecule has 1 unspecified atom stereocenters. The largest absolute Gasteiger partial charge is 0.306 e. The van der Waals surface area contributed by atoms with Crippen molar-refractivity contribution < 1.29 is 17.2 Å². The summed E-state index contributed by atoms with van der Waals surface area (Å²) in [4.78, 5) is 0. The van der Waals surface area contributed by atoms with Gasteiger partial charge in [-0.3, -0.25) is 0 Å². The summed E-state index contributed by atoms with van der Waals surface area (Å²) in [6.07, 6.45) is 7.62. The predicted octanol–water partition coefficient (Wildman–Crippen LogP) is 2.05. The van der Waals surface area contributed by atoms with Crippen LogP contribution >= 0.6 is 0 Å². The van der Waals surface area contributed by atoms with E-state index in [1.54, 1.807) is 0 Å². The lowest BCUT2D eigenvalue weighted by molar-refractivity contribution is 0.515. The maximum Gasteiger partial charge on any atom is 0.160 e. The Morgan fingerprint density at radius 3 is 2.44 bits per heavy atom. The van der Waals surface area contributed by atoms with Gasteiger partial charge in [-0.05, 0) is 32.1 Å². The Balaban J connectivity index is 2.21. The van der Waals surface area contributed by atoms with Crippen LogP contribution in [0.2, 0.25) is 0 Å². The maximum atomic E-state index is 12.6. The first-order valence-electron chi connectivity index (χ1n) is 6.43. The smallest absolute Gasteiger partial charge is 0.160 e. The molecule has 0 saturated heterocycles. The monoisotopic (exact) mass is 292 g/mol.